The zero-order chi connectivity index (χ0) is 23.6. The van der Waals surface area contributed by atoms with E-state index in [1.54, 1.807) is 23.1 Å². The second-order valence-corrected chi connectivity index (χ2v) is 9.74. The van der Waals surface area contributed by atoms with Crippen LogP contribution < -0.4 is 10.1 Å². The molecule has 0 aromatic heterocycles. The minimum absolute atomic E-state index is 0.0708. The van der Waals surface area contributed by atoms with E-state index in [2.05, 4.69) is 21.2 Å². The lowest BCUT2D eigenvalue weighted by Crippen LogP contribution is -2.53. The van der Waals surface area contributed by atoms with Gasteiger partial charge in [0.1, 0.15) is 11.8 Å². The van der Waals surface area contributed by atoms with E-state index >= 15 is 0 Å². The SMILES string of the molecule is CCC(C(=O)NC1CCCCC1)N(CCc1ccccc1)C(=O)COc1ccc(Cl)cc1Br. The number of carbonyl (C=O) groups is 2. The first-order chi connectivity index (χ1) is 16.0. The average Bonchev–Trinajstić information content (AvgIpc) is 2.82. The summed E-state index contributed by atoms with van der Waals surface area (Å²) in [6.45, 7) is 2.25. The fourth-order valence-electron chi connectivity index (χ4n) is 4.25. The lowest BCUT2D eigenvalue weighted by atomic mass is 9.95. The molecule has 1 atom stereocenters. The predicted molar refractivity (Wildman–Crippen MR) is 136 cm³/mol. The Labute approximate surface area is 210 Å². The summed E-state index contributed by atoms with van der Waals surface area (Å²) in [6, 6.07) is 14.8. The number of carbonyl (C=O) groups excluding carboxylic acids is 2. The van der Waals surface area contributed by atoms with Crippen molar-refractivity contribution in [3.8, 4) is 5.75 Å². The maximum Gasteiger partial charge on any atom is 0.261 e. The number of benzene rings is 2. The highest BCUT2D eigenvalue weighted by Gasteiger charge is 2.30. The largest absolute Gasteiger partial charge is 0.483 e. The van der Waals surface area contributed by atoms with Gasteiger partial charge in [0.15, 0.2) is 6.61 Å². The Kier molecular flexibility index (Phi) is 10.1. The van der Waals surface area contributed by atoms with E-state index in [0.29, 0.717) is 34.6 Å². The highest BCUT2D eigenvalue weighted by Crippen LogP contribution is 2.28. The minimum atomic E-state index is -0.527. The molecule has 1 aliphatic rings. The standard InChI is InChI=1S/C26H32BrClN2O3/c1-2-23(26(32)29-21-11-7-4-8-12-21)30(16-15-19-9-5-3-6-10-19)25(31)18-33-24-14-13-20(28)17-22(24)27/h3,5-6,9-10,13-14,17,21,23H,2,4,7-8,11-12,15-16,18H2,1H3,(H,29,32). The van der Waals surface area contributed by atoms with Gasteiger partial charge in [-0.25, -0.2) is 0 Å². The second kappa shape index (κ2) is 13.0. The molecule has 1 saturated carbocycles. The molecule has 1 unspecified atom stereocenters. The van der Waals surface area contributed by atoms with Crippen LogP contribution in [0.2, 0.25) is 5.02 Å². The van der Waals surface area contributed by atoms with Crippen LogP contribution in [0.15, 0.2) is 53.0 Å². The minimum Gasteiger partial charge on any atom is -0.483 e. The van der Waals surface area contributed by atoms with Crippen LogP contribution >= 0.6 is 27.5 Å². The molecular weight excluding hydrogens is 504 g/mol. The Hall–Kier alpha value is -2.05. The molecule has 2 aromatic rings. The number of amides is 2. The Morgan fingerprint density at radius 2 is 1.88 bits per heavy atom. The predicted octanol–water partition coefficient (Wildman–Crippen LogP) is 5.78. The molecule has 5 nitrogen and oxygen atoms in total. The van der Waals surface area contributed by atoms with Crippen LogP contribution in [0.25, 0.3) is 0 Å². The summed E-state index contributed by atoms with van der Waals surface area (Å²) in [6.07, 6.45) is 6.74. The number of ether oxygens (including phenoxy) is 1. The third kappa shape index (κ3) is 7.75. The number of nitrogens with one attached hydrogen (secondary N) is 1. The van der Waals surface area contributed by atoms with Crippen molar-refractivity contribution >= 4 is 39.3 Å². The van der Waals surface area contributed by atoms with E-state index in [4.69, 9.17) is 16.3 Å². The normalized spacial score (nSPS) is 15.0. The van der Waals surface area contributed by atoms with Gasteiger partial charge in [0.05, 0.1) is 4.47 Å². The maximum atomic E-state index is 13.3. The molecule has 3 rings (SSSR count). The molecule has 2 amide bonds. The van der Waals surface area contributed by atoms with Gasteiger partial charge < -0.3 is 15.0 Å². The molecule has 1 aliphatic carbocycles. The van der Waals surface area contributed by atoms with Crippen molar-refractivity contribution in [2.24, 2.45) is 0 Å². The van der Waals surface area contributed by atoms with E-state index in [-0.39, 0.29) is 24.5 Å². The summed E-state index contributed by atoms with van der Waals surface area (Å²) in [5.74, 6) is 0.257. The Morgan fingerprint density at radius 1 is 1.15 bits per heavy atom. The quantitative estimate of drug-likeness (QED) is 0.419. The first-order valence-corrected chi connectivity index (χ1v) is 12.9. The van der Waals surface area contributed by atoms with Crippen molar-refractivity contribution in [1.29, 1.82) is 0 Å². The topological polar surface area (TPSA) is 58.6 Å². The van der Waals surface area contributed by atoms with Gasteiger partial charge in [-0.1, -0.05) is 68.1 Å². The third-order valence-electron chi connectivity index (χ3n) is 6.07. The Bertz CT molecular complexity index is 919. The Balaban J connectivity index is 1.71. The molecule has 178 valence electrons. The molecule has 0 spiro atoms. The smallest absolute Gasteiger partial charge is 0.261 e. The summed E-state index contributed by atoms with van der Waals surface area (Å²) in [7, 11) is 0. The van der Waals surface area contributed by atoms with Gasteiger partial charge >= 0.3 is 0 Å². The second-order valence-electron chi connectivity index (χ2n) is 8.45. The number of hydrogen-bond donors (Lipinski definition) is 1. The molecule has 0 aliphatic heterocycles. The van der Waals surface area contributed by atoms with Crippen LogP contribution in [0.3, 0.4) is 0 Å². The molecule has 1 fully saturated rings. The zero-order valence-electron chi connectivity index (χ0n) is 19.1. The molecule has 7 heteroatoms. The van der Waals surface area contributed by atoms with Gasteiger partial charge in [-0.05, 0) is 65.4 Å². The van der Waals surface area contributed by atoms with Crippen molar-refractivity contribution in [1.82, 2.24) is 10.2 Å². The lowest BCUT2D eigenvalue weighted by Gasteiger charge is -2.32. The summed E-state index contributed by atoms with van der Waals surface area (Å²) < 4.78 is 6.46. The first kappa shape index (κ1) is 25.6. The molecule has 0 bridgehead atoms. The fraction of sp³-hybridized carbons (Fsp3) is 0.462. The summed E-state index contributed by atoms with van der Waals surface area (Å²) in [5, 5.41) is 3.78. The highest BCUT2D eigenvalue weighted by molar-refractivity contribution is 9.10. The molecular formula is C26H32BrClN2O3. The van der Waals surface area contributed by atoms with E-state index in [0.717, 1.165) is 31.2 Å². The average molecular weight is 536 g/mol. The van der Waals surface area contributed by atoms with E-state index in [1.165, 1.54) is 6.42 Å². The van der Waals surface area contributed by atoms with Crippen molar-refractivity contribution in [2.75, 3.05) is 13.2 Å². The van der Waals surface area contributed by atoms with E-state index in [1.807, 2.05) is 37.3 Å². The number of nitrogens with zero attached hydrogens (tertiary/aromatic N) is 1. The van der Waals surface area contributed by atoms with Crippen molar-refractivity contribution in [3.63, 3.8) is 0 Å². The van der Waals surface area contributed by atoms with Gasteiger partial charge in [-0.2, -0.15) is 0 Å². The third-order valence-corrected chi connectivity index (χ3v) is 6.92. The lowest BCUT2D eigenvalue weighted by molar-refractivity contribution is -0.142. The number of halogens is 2. The highest BCUT2D eigenvalue weighted by atomic mass is 79.9. The van der Waals surface area contributed by atoms with Gasteiger partial charge in [0, 0.05) is 17.6 Å². The van der Waals surface area contributed by atoms with Crippen LogP contribution in [-0.4, -0.2) is 41.9 Å². The summed E-state index contributed by atoms with van der Waals surface area (Å²) in [4.78, 5) is 28.2. The van der Waals surface area contributed by atoms with Gasteiger partial charge in [-0.15, -0.1) is 0 Å². The van der Waals surface area contributed by atoms with Crippen LogP contribution in [0, 0.1) is 0 Å². The van der Waals surface area contributed by atoms with Crippen LogP contribution in [0.5, 0.6) is 5.75 Å². The molecule has 0 heterocycles. The Morgan fingerprint density at radius 3 is 2.55 bits per heavy atom. The molecule has 1 N–H and O–H groups in total. The van der Waals surface area contributed by atoms with Crippen LogP contribution in [0.1, 0.15) is 51.0 Å². The van der Waals surface area contributed by atoms with E-state index in [9.17, 15) is 9.59 Å². The molecule has 0 radical (unpaired) electrons. The maximum absolute atomic E-state index is 13.3. The fourth-order valence-corrected chi connectivity index (χ4v) is 5.05. The monoisotopic (exact) mass is 534 g/mol. The molecule has 2 aromatic carbocycles. The van der Waals surface area contributed by atoms with Crippen molar-refractivity contribution in [3.05, 3.63) is 63.6 Å². The first-order valence-electron chi connectivity index (χ1n) is 11.7. The van der Waals surface area contributed by atoms with Crippen molar-refractivity contribution < 1.29 is 14.3 Å². The van der Waals surface area contributed by atoms with E-state index < -0.39 is 6.04 Å². The van der Waals surface area contributed by atoms with Crippen LogP contribution in [0.4, 0.5) is 0 Å². The summed E-state index contributed by atoms with van der Waals surface area (Å²) >= 11 is 9.42. The number of rotatable bonds is 10. The van der Waals surface area contributed by atoms with Gasteiger partial charge in [-0.3, -0.25) is 9.59 Å². The molecule has 0 saturated heterocycles. The van der Waals surface area contributed by atoms with Gasteiger partial charge in [0.25, 0.3) is 5.91 Å². The van der Waals surface area contributed by atoms with Gasteiger partial charge in [0.2, 0.25) is 5.91 Å². The zero-order valence-corrected chi connectivity index (χ0v) is 21.4. The van der Waals surface area contributed by atoms with Crippen molar-refractivity contribution in [2.45, 2.75) is 64.0 Å². The number of hydrogen-bond acceptors (Lipinski definition) is 3. The van der Waals surface area contributed by atoms with Crippen LogP contribution in [-0.2, 0) is 16.0 Å². The summed E-state index contributed by atoms with van der Waals surface area (Å²) in [5.41, 5.74) is 1.12. The molecule has 33 heavy (non-hydrogen) atoms.